The van der Waals surface area contributed by atoms with Crippen molar-refractivity contribution < 1.29 is 27.1 Å². The Hall–Kier alpha value is -2.59. The number of methoxy groups -OCH3 is 1. The summed E-state index contributed by atoms with van der Waals surface area (Å²) in [5.74, 6) is -0.775. The van der Waals surface area contributed by atoms with Gasteiger partial charge in [-0.05, 0) is 48.7 Å². The van der Waals surface area contributed by atoms with E-state index in [9.17, 15) is 22.4 Å². The smallest absolute Gasteiger partial charge is 0.373 e. The second-order valence-corrected chi connectivity index (χ2v) is 9.61. The number of anilines is 2. The fourth-order valence-electron chi connectivity index (χ4n) is 4.28. The van der Waals surface area contributed by atoms with E-state index >= 15 is 0 Å². The molecule has 1 aromatic heterocycles. The number of carbonyl (C=O) groups is 1. The van der Waals surface area contributed by atoms with Crippen LogP contribution in [0.2, 0.25) is 15.2 Å². The zero-order valence-corrected chi connectivity index (χ0v) is 21.6. The summed E-state index contributed by atoms with van der Waals surface area (Å²) in [6.07, 6.45) is -2.43. The molecule has 2 heterocycles. The lowest BCUT2D eigenvalue weighted by Crippen LogP contribution is -2.46. The fraction of sp³-hybridized carbons (Fsp3) is 0.280. The maximum Gasteiger partial charge on any atom is 0.416 e. The molecule has 4 rings (SSSR count). The number of piperidine rings is 1. The molecule has 12 heteroatoms. The second kappa shape index (κ2) is 10.6. The molecular formula is C25H20Cl3F4N3O2. The van der Waals surface area contributed by atoms with Crippen molar-refractivity contribution in [1.82, 2.24) is 9.88 Å². The summed E-state index contributed by atoms with van der Waals surface area (Å²) in [5.41, 5.74) is -0.572. The molecule has 0 radical (unpaired) electrons. The first kappa shape index (κ1) is 27.4. The Kier molecular flexibility index (Phi) is 7.90. The number of alkyl halides is 3. The number of hydrogen-bond acceptors (Lipinski definition) is 4. The zero-order valence-electron chi connectivity index (χ0n) is 19.3. The number of amides is 1. The standard InChI is InChI=1S/C25H20Cl3F4N3O2/c1-37-24(14-2-5-16(29)6-3-14)8-10-35(11-9-24)23(36)17-13-33-22(28)20(27)21(17)34-19-7-4-15(12-18(19)26)25(30,31)32/h2-7,12-13H,8-11H2,1H3,(H,33,34). The highest BCUT2D eigenvalue weighted by Gasteiger charge is 2.38. The lowest BCUT2D eigenvalue weighted by Gasteiger charge is -2.41. The van der Waals surface area contributed by atoms with Crippen molar-refractivity contribution >= 4 is 52.1 Å². The lowest BCUT2D eigenvalue weighted by atomic mass is 9.84. The molecule has 1 amide bonds. The van der Waals surface area contributed by atoms with Gasteiger partial charge in [0.05, 0.1) is 33.1 Å². The van der Waals surface area contributed by atoms with Crippen LogP contribution in [0, 0.1) is 5.82 Å². The van der Waals surface area contributed by atoms with E-state index in [1.54, 1.807) is 24.1 Å². The Morgan fingerprint density at radius 2 is 1.73 bits per heavy atom. The Labute approximate surface area is 225 Å². The van der Waals surface area contributed by atoms with Gasteiger partial charge >= 0.3 is 6.18 Å². The number of nitrogens with one attached hydrogen (secondary N) is 1. The van der Waals surface area contributed by atoms with Crippen LogP contribution in [0.3, 0.4) is 0 Å². The van der Waals surface area contributed by atoms with Gasteiger partial charge in [-0.15, -0.1) is 0 Å². The van der Waals surface area contributed by atoms with Crippen LogP contribution in [-0.4, -0.2) is 36.0 Å². The highest BCUT2D eigenvalue weighted by atomic mass is 35.5. The topological polar surface area (TPSA) is 54.5 Å². The van der Waals surface area contributed by atoms with Crippen LogP contribution in [-0.2, 0) is 16.5 Å². The van der Waals surface area contributed by atoms with Gasteiger partial charge < -0.3 is 15.0 Å². The van der Waals surface area contributed by atoms with E-state index in [4.69, 9.17) is 39.5 Å². The van der Waals surface area contributed by atoms with Crippen LogP contribution in [0.4, 0.5) is 28.9 Å². The van der Waals surface area contributed by atoms with Crippen LogP contribution in [0.5, 0.6) is 0 Å². The third-order valence-corrected chi connectivity index (χ3v) is 7.45. The predicted octanol–water partition coefficient (Wildman–Crippen LogP) is 7.72. The highest BCUT2D eigenvalue weighted by Crippen LogP contribution is 2.40. The number of carbonyl (C=O) groups excluding carboxylic acids is 1. The molecule has 1 saturated heterocycles. The molecule has 0 spiro atoms. The van der Waals surface area contributed by atoms with Crippen molar-refractivity contribution in [3.05, 3.63) is 86.4 Å². The van der Waals surface area contributed by atoms with Crippen LogP contribution in [0.25, 0.3) is 0 Å². The molecule has 0 bridgehead atoms. The average molecular weight is 577 g/mol. The number of likely N-dealkylation sites (tertiary alicyclic amines) is 1. The summed E-state index contributed by atoms with van der Waals surface area (Å²) in [7, 11) is 1.57. The van der Waals surface area contributed by atoms with E-state index in [0.29, 0.717) is 25.9 Å². The van der Waals surface area contributed by atoms with Gasteiger partial charge in [-0.2, -0.15) is 13.2 Å². The molecule has 0 saturated carbocycles. The summed E-state index contributed by atoms with van der Waals surface area (Å²) in [4.78, 5) is 19.1. The van der Waals surface area contributed by atoms with Crippen molar-refractivity contribution in [3.8, 4) is 0 Å². The van der Waals surface area contributed by atoms with E-state index in [1.807, 2.05) is 0 Å². The summed E-state index contributed by atoms with van der Waals surface area (Å²) < 4.78 is 58.3. The molecular weight excluding hydrogens is 557 g/mol. The van der Waals surface area contributed by atoms with E-state index in [-0.39, 0.29) is 38.0 Å². The van der Waals surface area contributed by atoms with Gasteiger partial charge in [-0.1, -0.05) is 46.9 Å². The maximum atomic E-state index is 13.5. The van der Waals surface area contributed by atoms with E-state index in [2.05, 4.69) is 10.3 Å². The Morgan fingerprint density at radius 3 is 2.30 bits per heavy atom. The van der Waals surface area contributed by atoms with Gasteiger partial charge in [-0.25, -0.2) is 9.37 Å². The van der Waals surface area contributed by atoms with Gasteiger partial charge in [-0.3, -0.25) is 4.79 Å². The minimum Gasteiger partial charge on any atom is -0.373 e. The number of aromatic nitrogens is 1. The molecule has 5 nitrogen and oxygen atoms in total. The van der Waals surface area contributed by atoms with Crippen LogP contribution >= 0.6 is 34.8 Å². The van der Waals surface area contributed by atoms with Crippen molar-refractivity contribution in [2.24, 2.45) is 0 Å². The first-order valence-corrected chi connectivity index (χ1v) is 12.2. The van der Waals surface area contributed by atoms with Crippen LogP contribution < -0.4 is 5.32 Å². The van der Waals surface area contributed by atoms with Crippen molar-refractivity contribution in [2.45, 2.75) is 24.6 Å². The number of ether oxygens (including phenoxy) is 1. The Balaban J connectivity index is 1.59. The first-order chi connectivity index (χ1) is 17.4. The van der Waals surface area contributed by atoms with E-state index in [1.165, 1.54) is 18.3 Å². The molecule has 1 N–H and O–H groups in total. The minimum absolute atomic E-state index is 0.0652. The number of nitrogens with zero attached hydrogens (tertiary/aromatic N) is 2. The van der Waals surface area contributed by atoms with Gasteiger partial charge in [0, 0.05) is 26.4 Å². The molecule has 196 valence electrons. The minimum atomic E-state index is -4.57. The summed E-state index contributed by atoms with van der Waals surface area (Å²) in [6.45, 7) is 0.621. The molecule has 1 aliphatic heterocycles. The largest absolute Gasteiger partial charge is 0.416 e. The second-order valence-electron chi connectivity index (χ2n) is 8.47. The third kappa shape index (κ3) is 5.65. The molecule has 1 fully saturated rings. The molecule has 1 aliphatic rings. The number of halogens is 7. The van der Waals surface area contributed by atoms with Crippen LogP contribution in [0.1, 0.15) is 34.3 Å². The number of hydrogen-bond donors (Lipinski definition) is 1. The predicted molar refractivity (Wildman–Crippen MR) is 134 cm³/mol. The zero-order chi connectivity index (χ0) is 27.0. The average Bonchev–Trinajstić information content (AvgIpc) is 2.87. The molecule has 2 aromatic carbocycles. The number of rotatable bonds is 5. The van der Waals surface area contributed by atoms with Gasteiger partial charge in [0.1, 0.15) is 16.0 Å². The first-order valence-electron chi connectivity index (χ1n) is 11.0. The third-order valence-electron chi connectivity index (χ3n) is 6.38. The van der Waals surface area contributed by atoms with Crippen molar-refractivity contribution in [1.29, 1.82) is 0 Å². The normalized spacial score (nSPS) is 15.5. The van der Waals surface area contributed by atoms with Gasteiger partial charge in [0.2, 0.25) is 0 Å². The summed E-state index contributed by atoms with van der Waals surface area (Å²) in [6, 6.07) is 8.81. The highest BCUT2D eigenvalue weighted by molar-refractivity contribution is 6.43. The summed E-state index contributed by atoms with van der Waals surface area (Å²) >= 11 is 18.5. The maximum absolute atomic E-state index is 13.5. The number of pyridine rings is 1. The van der Waals surface area contributed by atoms with E-state index in [0.717, 1.165) is 23.8 Å². The molecule has 3 aromatic rings. The van der Waals surface area contributed by atoms with Crippen molar-refractivity contribution in [2.75, 3.05) is 25.5 Å². The number of benzene rings is 2. The monoisotopic (exact) mass is 575 g/mol. The fourth-order valence-corrected chi connectivity index (χ4v) is 4.85. The quantitative estimate of drug-likeness (QED) is 0.250. The Morgan fingerprint density at radius 1 is 1.08 bits per heavy atom. The molecule has 0 atom stereocenters. The molecule has 0 aliphatic carbocycles. The lowest BCUT2D eigenvalue weighted by molar-refractivity contribution is -0.137. The van der Waals surface area contributed by atoms with E-state index < -0.39 is 23.2 Å². The molecule has 37 heavy (non-hydrogen) atoms. The Bertz CT molecular complexity index is 1310. The van der Waals surface area contributed by atoms with Crippen molar-refractivity contribution in [3.63, 3.8) is 0 Å². The summed E-state index contributed by atoms with van der Waals surface area (Å²) in [5, 5.41) is 2.44. The molecule has 0 unspecified atom stereocenters. The SMILES string of the molecule is COC1(c2ccc(F)cc2)CCN(C(=O)c2cnc(Cl)c(Cl)c2Nc2ccc(C(F)(F)F)cc2Cl)CC1. The van der Waals surface area contributed by atoms with Gasteiger partial charge in [0.25, 0.3) is 5.91 Å². The van der Waals surface area contributed by atoms with Gasteiger partial charge in [0.15, 0.2) is 0 Å². The van der Waals surface area contributed by atoms with Crippen LogP contribution in [0.15, 0.2) is 48.7 Å².